The van der Waals surface area contributed by atoms with Crippen molar-refractivity contribution in [1.29, 1.82) is 5.41 Å². The fraction of sp³-hybridized carbons (Fsp3) is 0. The Bertz CT molecular complexity index is 560. The van der Waals surface area contributed by atoms with Gasteiger partial charge in [-0.1, -0.05) is 0 Å². The molecule has 2 heterocycles. The van der Waals surface area contributed by atoms with Gasteiger partial charge in [-0.2, -0.15) is 4.98 Å². The molecule has 0 saturated heterocycles. The van der Waals surface area contributed by atoms with Crippen LogP contribution in [0.1, 0.15) is 5.69 Å². The minimum atomic E-state index is -0.135. The largest absolute Gasteiger partial charge is 0.423 e. The fourth-order valence-electron chi connectivity index (χ4n) is 1.09. The van der Waals surface area contributed by atoms with Crippen LogP contribution in [0.15, 0.2) is 35.2 Å². The van der Waals surface area contributed by atoms with Crippen LogP contribution in [-0.4, -0.2) is 20.8 Å². The summed E-state index contributed by atoms with van der Waals surface area (Å²) in [6, 6.07) is 3.39. The molecule has 0 spiro atoms. The third-order valence-electron chi connectivity index (χ3n) is 1.80. The summed E-state index contributed by atoms with van der Waals surface area (Å²) in [5.41, 5.74) is 5.64. The Hall–Kier alpha value is -2.02. The molecule has 0 saturated carbocycles. The summed E-state index contributed by atoms with van der Waals surface area (Å²) in [6.07, 6.45) is 4.65. The van der Waals surface area contributed by atoms with Crippen LogP contribution in [-0.2, 0) is 0 Å². The number of nitrogens with zero attached hydrogens (tertiary/aromatic N) is 3. The number of nitrogen functional groups attached to an aromatic ring is 1. The van der Waals surface area contributed by atoms with Crippen LogP contribution in [0.25, 0.3) is 0 Å². The van der Waals surface area contributed by atoms with E-state index < -0.39 is 0 Å². The molecule has 0 amide bonds. The number of halogens is 1. The van der Waals surface area contributed by atoms with Gasteiger partial charge in [0.25, 0.3) is 0 Å². The molecular weight excluding hydrogens is 286 g/mol. The summed E-state index contributed by atoms with van der Waals surface area (Å²) < 4.78 is 6.17. The molecule has 0 atom stereocenters. The van der Waals surface area contributed by atoms with Crippen LogP contribution >= 0.6 is 15.9 Å². The Balaban J connectivity index is 2.24. The van der Waals surface area contributed by atoms with Crippen LogP contribution < -0.4 is 10.5 Å². The lowest BCUT2D eigenvalue weighted by molar-refractivity contribution is 0.439. The monoisotopic (exact) mass is 293 g/mol. The van der Waals surface area contributed by atoms with Gasteiger partial charge in [0.15, 0.2) is 5.75 Å². The first-order valence-electron chi connectivity index (χ1n) is 4.61. The van der Waals surface area contributed by atoms with Crippen LogP contribution in [0.5, 0.6) is 11.8 Å². The van der Waals surface area contributed by atoms with Gasteiger partial charge in [0.2, 0.25) is 0 Å². The summed E-state index contributed by atoms with van der Waals surface area (Å²) in [4.78, 5) is 11.8. The maximum absolute atomic E-state index is 7.26. The standard InChI is InChI=1S/C10H8BrN5O/c11-6-3-7(5-14-4-6)17-10-15-2-1-8(16-10)9(12)13/h1-5H,(H3,12,13). The number of nitrogens with two attached hydrogens (primary N) is 1. The normalized spacial score (nSPS) is 9.94. The van der Waals surface area contributed by atoms with E-state index in [1.807, 2.05) is 0 Å². The lowest BCUT2D eigenvalue weighted by Gasteiger charge is -2.04. The average molecular weight is 294 g/mol. The van der Waals surface area contributed by atoms with Gasteiger partial charge in [-0.3, -0.25) is 10.4 Å². The van der Waals surface area contributed by atoms with E-state index in [0.29, 0.717) is 11.4 Å². The molecule has 0 radical (unpaired) electrons. The average Bonchev–Trinajstić information content (AvgIpc) is 2.29. The second-order valence-corrected chi connectivity index (χ2v) is 3.99. The van der Waals surface area contributed by atoms with E-state index in [9.17, 15) is 0 Å². The van der Waals surface area contributed by atoms with Gasteiger partial charge in [0, 0.05) is 16.9 Å². The van der Waals surface area contributed by atoms with Gasteiger partial charge in [-0.15, -0.1) is 0 Å². The number of pyridine rings is 1. The Labute approximate surface area is 106 Å². The molecule has 2 aromatic rings. The maximum atomic E-state index is 7.26. The van der Waals surface area contributed by atoms with Gasteiger partial charge in [0.05, 0.1) is 6.20 Å². The molecule has 2 aromatic heterocycles. The van der Waals surface area contributed by atoms with Crippen molar-refractivity contribution in [3.8, 4) is 11.8 Å². The highest BCUT2D eigenvalue weighted by atomic mass is 79.9. The topological polar surface area (TPSA) is 97.8 Å². The molecule has 0 aliphatic carbocycles. The summed E-state index contributed by atoms with van der Waals surface area (Å²) in [6.45, 7) is 0. The number of hydrogen-bond donors (Lipinski definition) is 2. The number of hydrogen-bond acceptors (Lipinski definition) is 5. The van der Waals surface area contributed by atoms with E-state index >= 15 is 0 Å². The van der Waals surface area contributed by atoms with Gasteiger partial charge in [-0.25, -0.2) is 4.98 Å². The van der Waals surface area contributed by atoms with Gasteiger partial charge in [0.1, 0.15) is 11.5 Å². The third-order valence-corrected chi connectivity index (χ3v) is 2.23. The second-order valence-electron chi connectivity index (χ2n) is 3.08. The van der Waals surface area contributed by atoms with Gasteiger partial charge >= 0.3 is 6.01 Å². The van der Waals surface area contributed by atoms with Crippen LogP contribution in [0.4, 0.5) is 0 Å². The molecule has 7 heteroatoms. The zero-order valence-electron chi connectivity index (χ0n) is 8.59. The van der Waals surface area contributed by atoms with Crippen molar-refractivity contribution in [2.24, 2.45) is 5.73 Å². The quantitative estimate of drug-likeness (QED) is 0.663. The molecule has 0 fully saturated rings. The molecular formula is C10H8BrN5O. The Morgan fingerprint density at radius 2 is 2.24 bits per heavy atom. The number of rotatable bonds is 3. The van der Waals surface area contributed by atoms with Crippen molar-refractivity contribution in [2.75, 3.05) is 0 Å². The van der Waals surface area contributed by atoms with Crippen molar-refractivity contribution >= 4 is 21.8 Å². The van der Waals surface area contributed by atoms with Gasteiger partial charge in [-0.05, 0) is 28.1 Å². The molecule has 3 N–H and O–H groups in total. The third kappa shape index (κ3) is 2.97. The summed E-state index contributed by atoms with van der Waals surface area (Å²) >= 11 is 3.28. The predicted molar refractivity (Wildman–Crippen MR) is 65.1 cm³/mol. The van der Waals surface area contributed by atoms with Crippen molar-refractivity contribution in [3.63, 3.8) is 0 Å². The molecule has 0 aromatic carbocycles. The molecule has 0 bridgehead atoms. The maximum Gasteiger partial charge on any atom is 0.322 e. The van der Waals surface area contributed by atoms with E-state index in [-0.39, 0.29) is 11.8 Å². The first-order valence-corrected chi connectivity index (χ1v) is 5.40. The van der Waals surface area contributed by atoms with Crippen LogP contribution in [0.2, 0.25) is 0 Å². The van der Waals surface area contributed by atoms with E-state index in [2.05, 4.69) is 30.9 Å². The summed E-state index contributed by atoms with van der Waals surface area (Å²) in [5.74, 6) is 0.365. The van der Waals surface area contributed by atoms with Gasteiger partial charge < -0.3 is 10.5 Å². The van der Waals surface area contributed by atoms with E-state index in [1.54, 1.807) is 12.3 Å². The molecule has 0 unspecified atom stereocenters. The molecule has 86 valence electrons. The number of amidine groups is 1. The highest BCUT2D eigenvalue weighted by molar-refractivity contribution is 9.10. The highest BCUT2D eigenvalue weighted by Crippen LogP contribution is 2.20. The van der Waals surface area contributed by atoms with Crippen molar-refractivity contribution < 1.29 is 4.74 Å². The van der Waals surface area contributed by atoms with E-state index in [1.165, 1.54) is 18.5 Å². The lowest BCUT2D eigenvalue weighted by atomic mass is 10.4. The molecule has 6 nitrogen and oxygen atoms in total. The summed E-state index contributed by atoms with van der Waals surface area (Å²) in [7, 11) is 0. The molecule has 17 heavy (non-hydrogen) atoms. The lowest BCUT2D eigenvalue weighted by Crippen LogP contribution is -2.13. The highest BCUT2D eigenvalue weighted by Gasteiger charge is 2.04. The smallest absolute Gasteiger partial charge is 0.322 e. The van der Waals surface area contributed by atoms with Crippen molar-refractivity contribution in [3.05, 3.63) is 40.9 Å². The zero-order valence-corrected chi connectivity index (χ0v) is 10.2. The minimum absolute atomic E-state index is 0.123. The van der Waals surface area contributed by atoms with Crippen molar-refractivity contribution in [1.82, 2.24) is 15.0 Å². The minimum Gasteiger partial charge on any atom is -0.423 e. The Morgan fingerprint density at radius 3 is 2.94 bits per heavy atom. The van der Waals surface area contributed by atoms with E-state index in [0.717, 1.165) is 4.47 Å². The summed E-state index contributed by atoms with van der Waals surface area (Å²) in [5, 5.41) is 7.26. The second kappa shape index (κ2) is 4.88. The van der Waals surface area contributed by atoms with Crippen LogP contribution in [0, 0.1) is 5.41 Å². The molecule has 2 rings (SSSR count). The first kappa shape index (κ1) is 11.5. The Morgan fingerprint density at radius 1 is 1.41 bits per heavy atom. The number of aromatic nitrogens is 3. The predicted octanol–water partition coefficient (Wildman–Crippen LogP) is 1.71. The molecule has 0 aliphatic heterocycles. The van der Waals surface area contributed by atoms with Crippen molar-refractivity contribution in [2.45, 2.75) is 0 Å². The van der Waals surface area contributed by atoms with E-state index in [4.69, 9.17) is 15.9 Å². The number of nitrogens with one attached hydrogen (secondary N) is 1. The molecule has 0 aliphatic rings. The SMILES string of the molecule is N=C(N)c1ccnc(Oc2cncc(Br)c2)n1. The zero-order chi connectivity index (χ0) is 12.3. The first-order chi connectivity index (χ1) is 8.15. The number of ether oxygens (including phenoxy) is 1. The Kier molecular flexibility index (Phi) is 3.29. The van der Waals surface area contributed by atoms with Crippen LogP contribution in [0.3, 0.4) is 0 Å². The fourth-order valence-corrected chi connectivity index (χ4v) is 1.44.